The molecule has 0 fully saturated rings. The van der Waals surface area contributed by atoms with E-state index in [9.17, 15) is 4.79 Å². The van der Waals surface area contributed by atoms with Crippen molar-refractivity contribution in [2.45, 2.75) is 39.3 Å². The minimum Gasteiger partial charge on any atom is -0.338 e. The van der Waals surface area contributed by atoms with E-state index in [0.29, 0.717) is 19.5 Å². The summed E-state index contributed by atoms with van der Waals surface area (Å²) in [4.78, 5) is 21.1. The van der Waals surface area contributed by atoms with Gasteiger partial charge in [0.2, 0.25) is 0 Å². The van der Waals surface area contributed by atoms with Crippen LogP contribution >= 0.6 is 0 Å². The van der Waals surface area contributed by atoms with Crippen LogP contribution in [0.25, 0.3) is 11.2 Å². The number of hydrogen-bond donors (Lipinski definition) is 2. The Hall–Kier alpha value is -2.89. The lowest BCUT2D eigenvalue weighted by Gasteiger charge is -2.13. The second-order valence-electron chi connectivity index (χ2n) is 6.41. The third kappa shape index (κ3) is 4.39. The highest BCUT2D eigenvalue weighted by molar-refractivity contribution is 5.74. The van der Waals surface area contributed by atoms with E-state index >= 15 is 0 Å². The average molecular weight is 351 g/mol. The Labute approximate surface area is 153 Å². The molecule has 3 aromatic rings. The molecule has 2 heterocycles. The molecular formula is C20H25N5O. The van der Waals surface area contributed by atoms with Crippen molar-refractivity contribution in [2.75, 3.05) is 6.54 Å². The number of nitrogens with zero attached hydrogens (tertiary/aromatic N) is 3. The standard InChI is InChI=1S/C20H25N5O/c1-3-15(2)23-20(26)22-13-11-18-24-17-10-7-12-21-19(17)25(18)14-16-8-5-4-6-9-16/h4-10,12,15H,3,11,13-14H2,1-2H3,(H2,22,23,26)/t15-/m1/s1. The molecule has 0 unspecified atom stereocenters. The Bertz CT molecular complexity index is 859. The summed E-state index contributed by atoms with van der Waals surface area (Å²) < 4.78 is 2.12. The Kier molecular flexibility index (Phi) is 5.84. The predicted molar refractivity (Wildman–Crippen MR) is 103 cm³/mol. The number of fused-ring (bicyclic) bond motifs is 1. The van der Waals surface area contributed by atoms with Gasteiger partial charge in [0.25, 0.3) is 0 Å². The molecule has 6 nitrogen and oxygen atoms in total. The second-order valence-corrected chi connectivity index (χ2v) is 6.41. The van der Waals surface area contributed by atoms with Crippen molar-refractivity contribution < 1.29 is 4.79 Å². The molecular weight excluding hydrogens is 326 g/mol. The van der Waals surface area contributed by atoms with Crippen LogP contribution in [0.2, 0.25) is 0 Å². The topological polar surface area (TPSA) is 71.8 Å². The molecule has 1 aromatic carbocycles. The number of pyridine rings is 1. The molecule has 0 saturated carbocycles. The van der Waals surface area contributed by atoms with Gasteiger partial charge >= 0.3 is 6.03 Å². The molecule has 6 heteroatoms. The lowest BCUT2D eigenvalue weighted by atomic mass is 10.2. The number of aromatic nitrogens is 3. The fourth-order valence-corrected chi connectivity index (χ4v) is 2.79. The molecule has 1 atom stereocenters. The lowest BCUT2D eigenvalue weighted by Crippen LogP contribution is -2.41. The summed E-state index contributed by atoms with van der Waals surface area (Å²) in [6.07, 6.45) is 3.34. The first-order valence-corrected chi connectivity index (χ1v) is 9.05. The Balaban J connectivity index is 1.73. The molecule has 0 bridgehead atoms. The van der Waals surface area contributed by atoms with Crippen molar-refractivity contribution in [1.29, 1.82) is 0 Å². The number of imidazole rings is 1. The van der Waals surface area contributed by atoms with Crippen LogP contribution < -0.4 is 10.6 Å². The zero-order chi connectivity index (χ0) is 18.4. The molecule has 136 valence electrons. The third-order valence-corrected chi connectivity index (χ3v) is 4.39. The number of rotatable bonds is 7. The van der Waals surface area contributed by atoms with Crippen molar-refractivity contribution in [1.82, 2.24) is 25.2 Å². The first-order chi connectivity index (χ1) is 12.7. The van der Waals surface area contributed by atoms with Crippen molar-refractivity contribution in [3.63, 3.8) is 0 Å². The molecule has 2 aromatic heterocycles. The van der Waals surface area contributed by atoms with Gasteiger partial charge in [-0.15, -0.1) is 0 Å². The van der Waals surface area contributed by atoms with E-state index < -0.39 is 0 Å². The Morgan fingerprint density at radius 2 is 2.00 bits per heavy atom. The monoisotopic (exact) mass is 351 g/mol. The summed E-state index contributed by atoms with van der Waals surface area (Å²) in [5, 5.41) is 5.82. The van der Waals surface area contributed by atoms with Crippen LogP contribution in [-0.4, -0.2) is 33.2 Å². The van der Waals surface area contributed by atoms with E-state index in [1.54, 1.807) is 6.20 Å². The molecule has 2 N–H and O–H groups in total. The van der Waals surface area contributed by atoms with Crippen LogP contribution in [0.15, 0.2) is 48.7 Å². The van der Waals surface area contributed by atoms with E-state index in [2.05, 4.69) is 32.3 Å². The molecule has 0 saturated heterocycles. The molecule has 26 heavy (non-hydrogen) atoms. The zero-order valence-electron chi connectivity index (χ0n) is 15.3. The highest BCUT2D eigenvalue weighted by atomic mass is 16.2. The van der Waals surface area contributed by atoms with E-state index in [1.165, 1.54) is 5.56 Å². The highest BCUT2D eigenvalue weighted by Crippen LogP contribution is 2.16. The number of carbonyl (C=O) groups is 1. The smallest absolute Gasteiger partial charge is 0.315 e. The molecule has 0 spiro atoms. The number of benzene rings is 1. The van der Waals surface area contributed by atoms with Gasteiger partial charge in [-0.25, -0.2) is 14.8 Å². The summed E-state index contributed by atoms with van der Waals surface area (Å²) in [5.74, 6) is 0.923. The van der Waals surface area contributed by atoms with Gasteiger partial charge in [-0.1, -0.05) is 37.3 Å². The number of nitrogens with one attached hydrogen (secondary N) is 2. The summed E-state index contributed by atoms with van der Waals surface area (Å²) >= 11 is 0. The first kappa shape index (κ1) is 17.9. The van der Waals surface area contributed by atoms with Gasteiger partial charge in [0.05, 0.1) is 6.54 Å². The zero-order valence-corrected chi connectivity index (χ0v) is 15.3. The predicted octanol–water partition coefficient (Wildman–Crippen LogP) is 3.12. The van der Waals surface area contributed by atoms with Gasteiger partial charge in [-0.05, 0) is 31.0 Å². The second kappa shape index (κ2) is 8.47. The summed E-state index contributed by atoms with van der Waals surface area (Å²) in [5.41, 5.74) is 2.94. The van der Waals surface area contributed by atoms with Crippen LogP contribution in [0.1, 0.15) is 31.7 Å². The van der Waals surface area contributed by atoms with Crippen LogP contribution in [0.4, 0.5) is 4.79 Å². The van der Waals surface area contributed by atoms with Crippen LogP contribution in [0.5, 0.6) is 0 Å². The molecule has 0 aliphatic carbocycles. The molecule has 2 amide bonds. The normalized spacial score (nSPS) is 12.1. The summed E-state index contributed by atoms with van der Waals surface area (Å²) in [7, 11) is 0. The minimum atomic E-state index is -0.136. The summed E-state index contributed by atoms with van der Waals surface area (Å²) in [6, 6.07) is 14.1. The average Bonchev–Trinajstić information content (AvgIpc) is 3.00. The van der Waals surface area contributed by atoms with Crippen LogP contribution in [-0.2, 0) is 13.0 Å². The van der Waals surface area contributed by atoms with E-state index in [4.69, 9.17) is 4.98 Å². The SMILES string of the molecule is CC[C@@H](C)NC(=O)NCCc1nc2cccnc2n1Cc1ccccc1. The third-order valence-electron chi connectivity index (χ3n) is 4.39. The quantitative estimate of drug-likeness (QED) is 0.687. The van der Waals surface area contributed by atoms with Crippen molar-refractivity contribution in [3.05, 3.63) is 60.0 Å². The minimum absolute atomic E-state index is 0.136. The van der Waals surface area contributed by atoms with Gasteiger partial charge in [0.15, 0.2) is 5.65 Å². The van der Waals surface area contributed by atoms with Crippen LogP contribution in [0.3, 0.4) is 0 Å². The molecule has 0 aliphatic heterocycles. The fraction of sp³-hybridized carbons (Fsp3) is 0.350. The maximum atomic E-state index is 11.9. The number of hydrogen-bond acceptors (Lipinski definition) is 3. The van der Waals surface area contributed by atoms with Gasteiger partial charge in [0.1, 0.15) is 11.3 Å². The molecule has 3 rings (SSSR count). The van der Waals surface area contributed by atoms with Crippen molar-refractivity contribution in [2.24, 2.45) is 0 Å². The highest BCUT2D eigenvalue weighted by Gasteiger charge is 2.12. The van der Waals surface area contributed by atoms with E-state index in [0.717, 1.165) is 23.4 Å². The molecule has 0 aliphatic rings. The van der Waals surface area contributed by atoms with E-state index in [1.807, 2.05) is 44.2 Å². The maximum absolute atomic E-state index is 11.9. The van der Waals surface area contributed by atoms with E-state index in [-0.39, 0.29) is 12.1 Å². The lowest BCUT2D eigenvalue weighted by molar-refractivity contribution is 0.237. The van der Waals surface area contributed by atoms with Gasteiger partial charge in [-0.3, -0.25) is 0 Å². The number of carbonyl (C=O) groups excluding carboxylic acids is 1. The first-order valence-electron chi connectivity index (χ1n) is 9.05. The van der Waals surface area contributed by atoms with Gasteiger partial charge < -0.3 is 15.2 Å². The maximum Gasteiger partial charge on any atom is 0.315 e. The number of urea groups is 1. The van der Waals surface area contributed by atoms with Crippen molar-refractivity contribution >= 4 is 17.2 Å². The van der Waals surface area contributed by atoms with Gasteiger partial charge in [-0.2, -0.15) is 0 Å². The largest absolute Gasteiger partial charge is 0.338 e. The Morgan fingerprint density at radius 1 is 1.19 bits per heavy atom. The van der Waals surface area contributed by atoms with Gasteiger partial charge in [0, 0.05) is 25.2 Å². The molecule has 0 radical (unpaired) electrons. The Morgan fingerprint density at radius 3 is 2.77 bits per heavy atom. The van der Waals surface area contributed by atoms with Crippen molar-refractivity contribution in [3.8, 4) is 0 Å². The fourth-order valence-electron chi connectivity index (χ4n) is 2.79. The van der Waals surface area contributed by atoms with Crippen LogP contribution in [0, 0.1) is 0 Å². The number of amides is 2. The summed E-state index contributed by atoms with van der Waals surface area (Å²) in [6.45, 7) is 5.28.